The summed E-state index contributed by atoms with van der Waals surface area (Å²) in [5.74, 6) is 1.05. The highest BCUT2D eigenvalue weighted by Crippen LogP contribution is 2.48. The summed E-state index contributed by atoms with van der Waals surface area (Å²) in [6, 6.07) is 12.0. The summed E-state index contributed by atoms with van der Waals surface area (Å²) in [5.41, 5.74) is 10.3. The Bertz CT molecular complexity index is 1060. The standard InChI is InChI=1S/C25H30ClN3O3/c1-15(2)9-18(7-8-30)23-14-25(28-24(27)29(4)32-25)21-13-17(5-6-22(21)31-23)19-10-16(3)11-20(26)12-19/h5-6,9-13,18,23,30H,7-8,14H2,1-4H3,(H2,27,28). The molecule has 4 rings (SSSR count). The van der Waals surface area contributed by atoms with Crippen molar-refractivity contribution in [3.63, 3.8) is 0 Å². The molecular weight excluding hydrogens is 426 g/mol. The quantitative estimate of drug-likeness (QED) is 0.634. The molecule has 1 spiro atoms. The normalized spacial score (nSPS) is 22.9. The Hall–Kier alpha value is -2.54. The van der Waals surface area contributed by atoms with Crippen LogP contribution in [0.15, 0.2) is 53.0 Å². The number of fused-ring (bicyclic) bond motifs is 2. The van der Waals surface area contributed by atoms with Crippen LogP contribution in [0.5, 0.6) is 5.75 Å². The molecular formula is C25H30ClN3O3. The molecule has 3 atom stereocenters. The molecule has 0 aromatic heterocycles. The first-order valence-electron chi connectivity index (χ1n) is 10.8. The van der Waals surface area contributed by atoms with Crippen LogP contribution in [0.25, 0.3) is 11.1 Å². The molecule has 0 saturated heterocycles. The fraction of sp³-hybridized carbons (Fsp3) is 0.400. The van der Waals surface area contributed by atoms with Gasteiger partial charge in [0.15, 0.2) is 0 Å². The van der Waals surface area contributed by atoms with E-state index in [4.69, 9.17) is 31.9 Å². The van der Waals surface area contributed by atoms with Gasteiger partial charge in [0.1, 0.15) is 11.9 Å². The third-order valence-corrected chi connectivity index (χ3v) is 6.14. The molecule has 2 aliphatic heterocycles. The van der Waals surface area contributed by atoms with E-state index in [0.29, 0.717) is 29.6 Å². The number of guanidine groups is 1. The van der Waals surface area contributed by atoms with Gasteiger partial charge in [0.2, 0.25) is 11.7 Å². The summed E-state index contributed by atoms with van der Waals surface area (Å²) < 4.78 is 6.45. The van der Waals surface area contributed by atoms with Gasteiger partial charge in [-0.05, 0) is 68.1 Å². The summed E-state index contributed by atoms with van der Waals surface area (Å²) in [6.07, 6.45) is 3.01. The zero-order valence-electron chi connectivity index (χ0n) is 18.9. The van der Waals surface area contributed by atoms with Gasteiger partial charge in [-0.1, -0.05) is 35.4 Å². The Morgan fingerprint density at radius 2 is 2.09 bits per heavy atom. The van der Waals surface area contributed by atoms with E-state index in [1.54, 1.807) is 7.05 Å². The average Bonchev–Trinajstić information content (AvgIpc) is 3.00. The zero-order chi connectivity index (χ0) is 23.0. The van der Waals surface area contributed by atoms with Crippen molar-refractivity contribution in [1.82, 2.24) is 5.06 Å². The molecule has 0 fully saturated rings. The molecule has 3 N–H and O–H groups in total. The van der Waals surface area contributed by atoms with Gasteiger partial charge in [-0.15, -0.1) is 0 Å². The summed E-state index contributed by atoms with van der Waals surface area (Å²) in [6.45, 7) is 6.19. The molecule has 2 aliphatic rings. The first-order chi connectivity index (χ1) is 15.2. The molecule has 0 saturated carbocycles. The number of aryl methyl sites for hydroxylation is 1. The van der Waals surface area contributed by atoms with Crippen LogP contribution in [0.2, 0.25) is 5.02 Å². The predicted octanol–water partition coefficient (Wildman–Crippen LogP) is 4.78. The highest BCUT2D eigenvalue weighted by Gasteiger charge is 2.49. The number of ether oxygens (including phenoxy) is 1. The number of nitrogens with two attached hydrogens (primary N) is 1. The molecule has 7 heteroatoms. The maximum atomic E-state index is 9.64. The second-order valence-corrected chi connectivity index (χ2v) is 9.29. The lowest BCUT2D eigenvalue weighted by atomic mass is 9.84. The van der Waals surface area contributed by atoms with Crippen molar-refractivity contribution >= 4 is 17.6 Å². The van der Waals surface area contributed by atoms with Crippen molar-refractivity contribution in [2.45, 2.75) is 45.4 Å². The number of allylic oxidation sites excluding steroid dienone is 1. The van der Waals surface area contributed by atoms with Crippen molar-refractivity contribution in [2.24, 2.45) is 16.6 Å². The second kappa shape index (κ2) is 8.77. The number of halogens is 1. The van der Waals surface area contributed by atoms with E-state index in [1.165, 1.54) is 10.6 Å². The molecule has 0 amide bonds. The maximum Gasteiger partial charge on any atom is 0.221 e. The van der Waals surface area contributed by atoms with E-state index < -0.39 is 5.72 Å². The van der Waals surface area contributed by atoms with Crippen LogP contribution in [-0.2, 0) is 10.6 Å². The molecule has 2 aromatic rings. The molecule has 32 heavy (non-hydrogen) atoms. The fourth-order valence-electron chi connectivity index (χ4n) is 4.54. The molecule has 2 heterocycles. The number of rotatable bonds is 5. The Balaban J connectivity index is 1.81. The van der Waals surface area contributed by atoms with Gasteiger partial charge >= 0.3 is 0 Å². The van der Waals surface area contributed by atoms with Crippen LogP contribution in [0.3, 0.4) is 0 Å². The van der Waals surface area contributed by atoms with Gasteiger partial charge in [0.25, 0.3) is 0 Å². The van der Waals surface area contributed by atoms with Crippen LogP contribution in [0.4, 0.5) is 0 Å². The topological polar surface area (TPSA) is 80.3 Å². The van der Waals surface area contributed by atoms with E-state index in [0.717, 1.165) is 22.3 Å². The Morgan fingerprint density at radius 1 is 1.31 bits per heavy atom. The summed E-state index contributed by atoms with van der Waals surface area (Å²) in [7, 11) is 1.75. The van der Waals surface area contributed by atoms with E-state index in [9.17, 15) is 5.11 Å². The van der Waals surface area contributed by atoms with Crippen molar-refractivity contribution < 1.29 is 14.7 Å². The number of hydrogen-bond acceptors (Lipinski definition) is 6. The minimum Gasteiger partial charge on any atom is -0.489 e. The first-order valence-corrected chi connectivity index (χ1v) is 11.2. The van der Waals surface area contributed by atoms with Crippen LogP contribution in [0, 0.1) is 12.8 Å². The Kier molecular flexibility index (Phi) is 6.21. The second-order valence-electron chi connectivity index (χ2n) is 8.85. The van der Waals surface area contributed by atoms with Gasteiger partial charge in [0.05, 0.1) is 5.56 Å². The van der Waals surface area contributed by atoms with Gasteiger partial charge in [-0.25, -0.2) is 14.9 Å². The van der Waals surface area contributed by atoms with Crippen molar-refractivity contribution in [2.75, 3.05) is 13.7 Å². The number of benzene rings is 2. The molecule has 0 bridgehead atoms. The zero-order valence-corrected chi connectivity index (χ0v) is 19.7. The third-order valence-electron chi connectivity index (χ3n) is 5.93. The number of aliphatic hydroxyl groups is 1. The average molecular weight is 456 g/mol. The molecule has 0 aliphatic carbocycles. The van der Waals surface area contributed by atoms with E-state index in [2.05, 4.69) is 18.2 Å². The highest BCUT2D eigenvalue weighted by atomic mass is 35.5. The first kappa shape index (κ1) is 22.6. The van der Waals surface area contributed by atoms with Gasteiger partial charge < -0.3 is 15.6 Å². The SMILES string of the molecule is CC(C)=CC(CCO)C1CC2(N=C(N)N(C)O2)c2cc(-c3cc(C)cc(Cl)c3)ccc2O1. The summed E-state index contributed by atoms with van der Waals surface area (Å²) in [5, 5.41) is 11.8. The van der Waals surface area contributed by atoms with Gasteiger partial charge in [0, 0.05) is 31.0 Å². The smallest absolute Gasteiger partial charge is 0.221 e. The molecule has 3 unspecified atom stereocenters. The van der Waals surface area contributed by atoms with E-state index in [-0.39, 0.29) is 18.6 Å². The third kappa shape index (κ3) is 4.35. The van der Waals surface area contributed by atoms with Crippen LogP contribution >= 0.6 is 11.6 Å². The van der Waals surface area contributed by atoms with E-state index in [1.807, 2.05) is 45.0 Å². The monoisotopic (exact) mass is 455 g/mol. The largest absolute Gasteiger partial charge is 0.489 e. The van der Waals surface area contributed by atoms with Crippen LogP contribution < -0.4 is 10.5 Å². The van der Waals surface area contributed by atoms with Crippen molar-refractivity contribution in [3.05, 3.63) is 64.2 Å². The fourth-order valence-corrected chi connectivity index (χ4v) is 4.83. The summed E-state index contributed by atoms with van der Waals surface area (Å²) in [4.78, 5) is 11.0. The van der Waals surface area contributed by atoms with Crippen LogP contribution in [-0.4, -0.2) is 35.9 Å². The van der Waals surface area contributed by atoms with Crippen LogP contribution in [0.1, 0.15) is 37.8 Å². The van der Waals surface area contributed by atoms with Crippen molar-refractivity contribution in [1.29, 1.82) is 0 Å². The Morgan fingerprint density at radius 3 is 2.72 bits per heavy atom. The number of nitrogens with zero attached hydrogens (tertiary/aromatic N) is 2. The Labute approximate surface area is 194 Å². The predicted molar refractivity (Wildman–Crippen MR) is 127 cm³/mol. The van der Waals surface area contributed by atoms with Gasteiger partial charge in [-0.3, -0.25) is 0 Å². The number of hydrogen-bond donors (Lipinski definition) is 2. The maximum absolute atomic E-state index is 9.64. The molecule has 2 aromatic carbocycles. The minimum absolute atomic E-state index is 0.0243. The number of aliphatic hydroxyl groups excluding tert-OH is 1. The lowest BCUT2D eigenvalue weighted by Gasteiger charge is -2.39. The highest BCUT2D eigenvalue weighted by molar-refractivity contribution is 6.31. The lowest BCUT2D eigenvalue weighted by Crippen LogP contribution is -2.42. The molecule has 0 radical (unpaired) electrons. The molecule has 6 nitrogen and oxygen atoms in total. The number of hydroxylamine groups is 2. The lowest BCUT2D eigenvalue weighted by molar-refractivity contribution is -0.193. The minimum atomic E-state index is -0.982. The van der Waals surface area contributed by atoms with Gasteiger partial charge in [-0.2, -0.15) is 0 Å². The van der Waals surface area contributed by atoms with Crippen molar-refractivity contribution in [3.8, 4) is 16.9 Å². The molecule has 170 valence electrons. The number of aliphatic imine (C=N–C) groups is 1. The van der Waals surface area contributed by atoms with E-state index >= 15 is 0 Å². The summed E-state index contributed by atoms with van der Waals surface area (Å²) >= 11 is 6.31.